The van der Waals surface area contributed by atoms with Gasteiger partial charge in [-0.1, -0.05) is 35.9 Å². The summed E-state index contributed by atoms with van der Waals surface area (Å²) in [6.07, 6.45) is -5.04. The highest BCUT2D eigenvalue weighted by Crippen LogP contribution is 2.38. The number of carbonyl (C=O) groups is 4. The van der Waals surface area contributed by atoms with E-state index in [2.05, 4.69) is 4.74 Å². The normalized spacial score (nSPS) is 14.5. The lowest BCUT2D eigenvalue weighted by molar-refractivity contribution is -0.140. The maximum absolute atomic E-state index is 14.1. The number of anilines is 1. The van der Waals surface area contributed by atoms with Crippen molar-refractivity contribution in [3.63, 3.8) is 0 Å². The zero-order valence-corrected chi connectivity index (χ0v) is 22.4. The predicted molar refractivity (Wildman–Crippen MR) is 138 cm³/mol. The number of imide groups is 1. The summed E-state index contributed by atoms with van der Waals surface area (Å²) in [6, 6.07) is 10.9. The summed E-state index contributed by atoms with van der Waals surface area (Å²) >= 11 is 0. The molecule has 0 bridgehead atoms. The largest absolute Gasteiger partial charge is 0.471 e. The summed E-state index contributed by atoms with van der Waals surface area (Å²) in [4.78, 5) is 50.2. The molecule has 41 heavy (non-hydrogen) atoms. The third-order valence-electron chi connectivity index (χ3n) is 6.39. The van der Waals surface area contributed by atoms with Gasteiger partial charge in [-0.2, -0.15) is 13.2 Å². The lowest BCUT2D eigenvalue weighted by atomic mass is 9.96. The highest BCUT2D eigenvalue weighted by atomic mass is 19.4. The summed E-state index contributed by atoms with van der Waals surface area (Å²) in [5.41, 5.74) is -2.21. The van der Waals surface area contributed by atoms with Gasteiger partial charge in [-0.25, -0.2) is 18.5 Å². The van der Waals surface area contributed by atoms with E-state index in [0.717, 1.165) is 28.7 Å². The lowest BCUT2D eigenvalue weighted by Crippen LogP contribution is -2.43. The molecule has 0 atom stereocenters. The molecule has 1 fully saturated rings. The molecule has 0 saturated carbocycles. The zero-order chi connectivity index (χ0) is 30.7. The SMILES string of the molecule is COC=O.Cc1ccc(C(=O)c2cc(F)ccc2CN2C(=O)N(c3ccc(F)c(C(F)(F)F)c3)C(=O)C2(C)C)cc1. The average molecular weight is 577 g/mol. The smallest absolute Gasteiger partial charge is 0.419 e. The molecule has 4 rings (SSSR count). The first-order chi connectivity index (χ1) is 19.1. The Balaban J connectivity index is 0.00000108. The Labute approximate surface area is 232 Å². The number of urea groups is 1. The molecule has 0 radical (unpaired) electrons. The van der Waals surface area contributed by atoms with E-state index in [1.807, 2.05) is 6.92 Å². The minimum absolute atomic E-state index is 0.0282. The first kappa shape index (κ1) is 30.9. The molecule has 1 heterocycles. The van der Waals surface area contributed by atoms with Gasteiger partial charge in [-0.3, -0.25) is 14.4 Å². The van der Waals surface area contributed by atoms with Crippen LogP contribution < -0.4 is 4.90 Å². The molecule has 1 aliphatic rings. The number of halogens is 5. The molecule has 216 valence electrons. The Bertz CT molecular complexity index is 1490. The van der Waals surface area contributed by atoms with Gasteiger partial charge in [-0.05, 0) is 56.7 Å². The number of ketones is 1. The number of hydrogen-bond acceptors (Lipinski definition) is 5. The summed E-state index contributed by atoms with van der Waals surface area (Å²) in [5, 5.41) is 0. The highest BCUT2D eigenvalue weighted by Gasteiger charge is 2.52. The maximum atomic E-state index is 14.1. The van der Waals surface area contributed by atoms with Gasteiger partial charge < -0.3 is 9.64 Å². The van der Waals surface area contributed by atoms with E-state index in [4.69, 9.17) is 4.79 Å². The van der Waals surface area contributed by atoms with Crippen LogP contribution in [0.2, 0.25) is 0 Å². The molecule has 12 heteroatoms. The number of methoxy groups -OCH3 is 1. The molecule has 3 aromatic carbocycles. The minimum atomic E-state index is -5.04. The van der Waals surface area contributed by atoms with Crippen LogP contribution >= 0.6 is 0 Å². The summed E-state index contributed by atoms with van der Waals surface area (Å²) < 4.78 is 71.5. The third-order valence-corrected chi connectivity index (χ3v) is 6.39. The predicted octanol–water partition coefficient (Wildman–Crippen LogP) is 6.06. The Morgan fingerprint density at radius 1 is 0.976 bits per heavy atom. The molecule has 0 aromatic heterocycles. The van der Waals surface area contributed by atoms with Crippen molar-refractivity contribution in [1.29, 1.82) is 0 Å². The number of alkyl halides is 3. The van der Waals surface area contributed by atoms with Crippen molar-refractivity contribution in [2.75, 3.05) is 12.0 Å². The Kier molecular flexibility index (Phi) is 8.95. The van der Waals surface area contributed by atoms with E-state index in [-0.39, 0.29) is 23.2 Å². The van der Waals surface area contributed by atoms with Gasteiger partial charge in [0.25, 0.3) is 12.4 Å². The summed E-state index contributed by atoms with van der Waals surface area (Å²) in [7, 11) is 1.31. The van der Waals surface area contributed by atoms with E-state index < -0.39 is 52.3 Å². The second-order valence-corrected chi connectivity index (χ2v) is 9.56. The van der Waals surface area contributed by atoms with E-state index in [9.17, 15) is 36.3 Å². The number of carbonyl (C=O) groups excluding carboxylic acids is 4. The molecule has 3 amide bonds. The van der Waals surface area contributed by atoms with Crippen molar-refractivity contribution in [2.24, 2.45) is 0 Å². The number of amides is 3. The minimum Gasteiger partial charge on any atom is -0.471 e. The third kappa shape index (κ3) is 6.42. The number of rotatable bonds is 6. The number of nitrogens with zero attached hydrogens (tertiary/aromatic N) is 2. The fourth-order valence-corrected chi connectivity index (χ4v) is 4.13. The number of aryl methyl sites for hydroxylation is 1. The van der Waals surface area contributed by atoms with Crippen LogP contribution in [0, 0.1) is 18.6 Å². The second-order valence-electron chi connectivity index (χ2n) is 9.56. The van der Waals surface area contributed by atoms with E-state index in [1.165, 1.54) is 27.0 Å². The average Bonchev–Trinajstić information content (AvgIpc) is 3.08. The monoisotopic (exact) mass is 576 g/mol. The van der Waals surface area contributed by atoms with Crippen LogP contribution in [0.1, 0.15) is 46.5 Å². The fourth-order valence-electron chi connectivity index (χ4n) is 4.13. The summed E-state index contributed by atoms with van der Waals surface area (Å²) in [5.74, 6) is -3.58. The standard InChI is InChI=1S/C27H21F5N2O3.C2H4O2/c1-15-4-6-16(7-5-15)23(35)20-12-18(28)9-8-17(20)14-33-25(37)34(24(36)26(33,2)3)19-10-11-22(29)21(13-19)27(30,31)32;1-4-2-3/h4-13H,14H2,1-3H3;2H,1H3. The second kappa shape index (κ2) is 11.9. The van der Waals surface area contributed by atoms with Crippen molar-refractivity contribution < 1.29 is 45.9 Å². The van der Waals surface area contributed by atoms with Crippen molar-refractivity contribution in [3.05, 3.63) is 100 Å². The Morgan fingerprint density at radius 2 is 1.59 bits per heavy atom. The lowest BCUT2D eigenvalue weighted by Gasteiger charge is -2.28. The molecule has 3 aromatic rings. The van der Waals surface area contributed by atoms with Crippen molar-refractivity contribution in [1.82, 2.24) is 4.90 Å². The number of ether oxygens (including phenoxy) is 1. The van der Waals surface area contributed by atoms with Gasteiger partial charge in [0.15, 0.2) is 5.78 Å². The quantitative estimate of drug-likeness (QED) is 0.154. The Hall–Kier alpha value is -4.61. The first-order valence-corrected chi connectivity index (χ1v) is 12.0. The molecule has 0 spiro atoms. The molecular weight excluding hydrogens is 551 g/mol. The fraction of sp³-hybridized carbons (Fsp3) is 0.241. The van der Waals surface area contributed by atoms with E-state index in [0.29, 0.717) is 23.5 Å². The van der Waals surface area contributed by atoms with Gasteiger partial charge >= 0.3 is 12.2 Å². The molecule has 1 saturated heterocycles. The first-order valence-electron chi connectivity index (χ1n) is 12.0. The molecule has 0 unspecified atom stereocenters. The van der Waals surface area contributed by atoms with Crippen molar-refractivity contribution in [2.45, 2.75) is 39.0 Å². The molecule has 0 aliphatic carbocycles. The van der Waals surface area contributed by atoms with Crippen LogP contribution in [0.5, 0.6) is 0 Å². The van der Waals surface area contributed by atoms with Crippen molar-refractivity contribution in [3.8, 4) is 0 Å². The molecular formula is C29H25F5N2O5. The van der Waals surface area contributed by atoms with Crippen LogP contribution in [0.15, 0.2) is 60.7 Å². The highest BCUT2D eigenvalue weighted by molar-refractivity contribution is 6.23. The van der Waals surface area contributed by atoms with Gasteiger partial charge in [0, 0.05) is 17.7 Å². The molecule has 7 nitrogen and oxygen atoms in total. The topological polar surface area (TPSA) is 84.0 Å². The molecule has 1 aliphatic heterocycles. The van der Waals surface area contributed by atoms with E-state index >= 15 is 0 Å². The number of hydrogen-bond donors (Lipinski definition) is 0. The van der Waals surface area contributed by atoms with Crippen LogP contribution in [0.4, 0.5) is 32.4 Å². The van der Waals surface area contributed by atoms with Crippen LogP contribution in [-0.4, -0.2) is 41.7 Å². The maximum Gasteiger partial charge on any atom is 0.419 e. The van der Waals surface area contributed by atoms with Crippen LogP contribution in [-0.2, 0) is 27.0 Å². The van der Waals surface area contributed by atoms with Crippen LogP contribution in [0.25, 0.3) is 0 Å². The summed E-state index contributed by atoms with van der Waals surface area (Å²) in [6.45, 7) is 4.69. The zero-order valence-electron chi connectivity index (χ0n) is 22.4. The Morgan fingerprint density at radius 3 is 2.15 bits per heavy atom. The van der Waals surface area contributed by atoms with E-state index in [1.54, 1.807) is 24.3 Å². The van der Waals surface area contributed by atoms with Gasteiger partial charge in [0.05, 0.1) is 18.4 Å². The molecule has 0 N–H and O–H groups in total. The van der Waals surface area contributed by atoms with Gasteiger partial charge in [0.1, 0.15) is 17.2 Å². The van der Waals surface area contributed by atoms with Crippen molar-refractivity contribution >= 4 is 29.9 Å². The van der Waals surface area contributed by atoms with Crippen LogP contribution in [0.3, 0.4) is 0 Å². The number of benzene rings is 3. The van der Waals surface area contributed by atoms with Gasteiger partial charge in [-0.15, -0.1) is 0 Å². The van der Waals surface area contributed by atoms with Gasteiger partial charge in [0.2, 0.25) is 0 Å².